The van der Waals surface area contributed by atoms with Crippen LogP contribution in [-0.2, 0) is 0 Å². The molecule has 2 heterocycles. The van der Waals surface area contributed by atoms with Crippen molar-refractivity contribution in [1.29, 1.82) is 0 Å². The molecular weight excluding hydrogens is 292 g/mol. The Labute approximate surface area is 133 Å². The van der Waals surface area contributed by atoms with Crippen LogP contribution in [0.1, 0.15) is 36.7 Å². The SMILES string of the molecule is CCC(C)n1nccc1NC(=O)c1cccc(-c2ncn[nH]2)c1. The third kappa shape index (κ3) is 3.13. The Kier molecular flexibility index (Phi) is 4.18. The molecule has 0 aliphatic rings. The van der Waals surface area contributed by atoms with Crippen LogP contribution >= 0.6 is 0 Å². The van der Waals surface area contributed by atoms with Gasteiger partial charge in [-0.2, -0.15) is 10.2 Å². The monoisotopic (exact) mass is 310 g/mol. The number of hydrogen-bond donors (Lipinski definition) is 2. The van der Waals surface area contributed by atoms with Gasteiger partial charge in [-0.1, -0.05) is 19.1 Å². The summed E-state index contributed by atoms with van der Waals surface area (Å²) in [6.07, 6.45) is 4.06. The number of nitrogens with zero attached hydrogens (tertiary/aromatic N) is 4. The van der Waals surface area contributed by atoms with E-state index in [-0.39, 0.29) is 11.9 Å². The van der Waals surface area contributed by atoms with Crippen LogP contribution in [0.25, 0.3) is 11.4 Å². The van der Waals surface area contributed by atoms with Crippen LogP contribution in [-0.4, -0.2) is 30.9 Å². The first-order chi connectivity index (χ1) is 11.2. The number of anilines is 1. The van der Waals surface area contributed by atoms with Crippen molar-refractivity contribution in [1.82, 2.24) is 25.0 Å². The minimum Gasteiger partial charge on any atom is -0.307 e. The average molecular weight is 310 g/mol. The molecule has 118 valence electrons. The summed E-state index contributed by atoms with van der Waals surface area (Å²) in [6, 6.07) is 9.25. The second-order valence-corrected chi connectivity index (χ2v) is 5.29. The van der Waals surface area contributed by atoms with Gasteiger partial charge in [0.15, 0.2) is 5.82 Å². The lowest BCUT2D eigenvalue weighted by Gasteiger charge is -2.14. The topological polar surface area (TPSA) is 88.5 Å². The van der Waals surface area contributed by atoms with E-state index in [0.29, 0.717) is 17.2 Å². The molecule has 7 nitrogen and oxygen atoms in total. The van der Waals surface area contributed by atoms with E-state index < -0.39 is 0 Å². The quantitative estimate of drug-likeness (QED) is 0.758. The van der Waals surface area contributed by atoms with E-state index in [2.05, 4.69) is 39.4 Å². The molecule has 0 bridgehead atoms. The van der Waals surface area contributed by atoms with Crippen molar-refractivity contribution >= 4 is 11.7 Å². The maximum absolute atomic E-state index is 12.5. The van der Waals surface area contributed by atoms with Gasteiger partial charge in [0.2, 0.25) is 0 Å². The van der Waals surface area contributed by atoms with Gasteiger partial charge in [0.25, 0.3) is 5.91 Å². The largest absolute Gasteiger partial charge is 0.307 e. The van der Waals surface area contributed by atoms with Gasteiger partial charge in [0.05, 0.1) is 12.2 Å². The summed E-state index contributed by atoms with van der Waals surface area (Å²) < 4.78 is 1.82. The molecule has 2 aromatic heterocycles. The lowest BCUT2D eigenvalue weighted by atomic mass is 10.1. The summed E-state index contributed by atoms with van der Waals surface area (Å²) in [4.78, 5) is 16.6. The Balaban J connectivity index is 1.82. The van der Waals surface area contributed by atoms with Crippen LogP contribution in [0, 0.1) is 0 Å². The summed E-state index contributed by atoms with van der Waals surface area (Å²) in [5, 5.41) is 13.8. The standard InChI is InChI=1S/C16H18N6O/c1-3-11(2)22-14(7-8-19-22)20-16(23)13-6-4-5-12(9-13)15-17-10-18-21-15/h4-11H,3H2,1-2H3,(H,20,23)(H,17,18,21). The maximum Gasteiger partial charge on any atom is 0.256 e. The summed E-state index contributed by atoms with van der Waals surface area (Å²) >= 11 is 0. The number of carbonyl (C=O) groups is 1. The molecule has 1 atom stereocenters. The molecule has 0 spiro atoms. The first kappa shape index (κ1) is 15.0. The van der Waals surface area contributed by atoms with Gasteiger partial charge >= 0.3 is 0 Å². The Morgan fingerprint density at radius 1 is 1.39 bits per heavy atom. The molecule has 0 radical (unpaired) electrons. The van der Waals surface area contributed by atoms with E-state index in [4.69, 9.17) is 0 Å². The number of aromatic amines is 1. The number of benzene rings is 1. The minimum atomic E-state index is -0.184. The lowest BCUT2D eigenvalue weighted by molar-refractivity contribution is 0.102. The van der Waals surface area contributed by atoms with Crippen LogP contribution in [0.3, 0.4) is 0 Å². The summed E-state index contributed by atoms with van der Waals surface area (Å²) in [6.45, 7) is 4.14. The number of H-pyrrole nitrogens is 1. The first-order valence-electron chi connectivity index (χ1n) is 7.49. The fraction of sp³-hybridized carbons (Fsp3) is 0.250. The predicted octanol–water partition coefficient (Wildman–Crippen LogP) is 2.89. The molecule has 0 fully saturated rings. The molecule has 1 amide bonds. The number of rotatable bonds is 5. The molecule has 3 rings (SSSR count). The van der Waals surface area contributed by atoms with Gasteiger partial charge in [-0.05, 0) is 25.5 Å². The third-order valence-corrected chi connectivity index (χ3v) is 3.73. The van der Waals surface area contributed by atoms with E-state index in [1.807, 2.05) is 16.8 Å². The van der Waals surface area contributed by atoms with E-state index in [9.17, 15) is 4.79 Å². The van der Waals surface area contributed by atoms with Gasteiger partial charge in [0.1, 0.15) is 12.1 Å². The van der Waals surface area contributed by atoms with Gasteiger partial charge in [0, 0.05) is 17.2 Å². The molecule has 0 saturated heterocycles. The van der Waals surface area contributed by atoms with Crippen molar-refractivity contribution < 1.29 is 4.79 Å². The first-order valence-corrected chi connectivity index (χ1v) is 7.49. The Hall–Kier alpha value is -2.96. The highest BCUT2D eigenvalue weighted by Crippen LogP contribution is 2.19. The van der Waals surface area contributed by atoms with Crippen molar-refractivity contribution in [2.75, 3.05) is 5.32 Å². The van der Waals surface area contributed by atoms with Crippen LogP contribution in [0.2, 0.25) is 0 Å². The number of hydrogen-bond acceptors (Lipinski definition) is 4. The molecule has 1 aromatic carbocycles. The minimum absolute atomic E-state index is 0.184. The van der Waals surface area contributed by atoms with Gasteiger partial charge in [-0.3, -0.25) is 9.89 Å². The highest BCUT2D eigenvalue weighted by Gasteiger charge is 2.13. The second-order valence-electron chi connectivity index (χ2n) is 5.29. The van der Waals surface area contributed by atoms with Gasteiger partial charge in [-0.25, -0.2) is 9.67 Å². The van der Waals surface area contributed by atoms with E-state index in [1.54, 1.807) is 24.4 Å². The number of carbonyl (C=O) groups excluding carboxylic acids is 1. The van der Waals surface area contributed by atoms with Gasteiger partial charge in [-0.15, -0.1) is 0 Å². The number of amides is 1. The molecule has 7 heteroatoms. The van der Waals surface area contributed by atoms with E-state index >= 15 is 0 Å². The zero-order chi connectivity index (χ0) is 16.2. The van der Waals surface area contributed by atoms with Crippen LogP contribution < -0.4 is 5.32 Å². The van der Waals surface area contributed by atoms with E-state index in [1.165, 1.54) is 6.33 Å². The van der Waals surface area contributed by atoms with Gasteiger partial charge < -0.3 is 5.32 Å². The van der Waals surface area contributed by atoms with Crippen molar-refractivity contribution in [2.24, 2.45) is 0 Å². The predicted molar refractivity (Wildman–Crippen MR) is 87.0 cm³/mol. The summed E-state index contributed by atoms with van der Waals surface area (Å²) in [5.41, 5.74) is 1.36. The fourth-order valence-corrected chi connectivity index (χ4v) is 2.28. The Morgan fingerprint density at radius 2 is 2.26 bits per heavy atom. The Bertz CT molecular complexity index is 793. The third-order valence-electron chi connectivity index (χ3n) is 3.73. The molecular formula is C16H18N6O. The van der Waals surface area contributed by atoms with Crippen LogP contribution in [0.15, 0.2) is 42.9 Å². The lowest BCUT2D eigenvalue weighted by Crippen LogP contribution is -2.17. The molecule has 2 N–H and O–H groups in total. The second kappa shape index (κ2) is 6.43. The van der Waals surface area contributed by atoms with Crippen molar-refractivity contribution in [3.8, 4) is 11.4 Å². The molecule has 0 aliphatic heterocycles. The van der Waals surface area contributed by atoms with Crippen LogP contribution in [0.5, 0.6) is 0 Å². The van der Waals surface area contributed by atoms with E-state index in [0.717, 1.165) is 12.0 Å². The number of aromatic nitrogens is 5. The Morgan fingerprint density at radius 3 is 3.00 bits per heavy atom. The van der Waals surface area contributed by atoms with Crippen LogP contribution in [0.4, 0.5) is 5.82 Å². The van der Waals surface area contributed by atoms with Crippen molar-refractivity contribution in [3.63, 3.8) is 0 Å². The highest BCUT2D eigenvalue weighted by molar-refractivity contribution is 6.04. The highest BCUT2D eigenvalue weighted by atomic mass is 16.1. The zero-order valence-corrected chi connectivity index (χ0v) is 13.0. The molecule has 1 unspecified atom stereocenters. The molecule has 23 heavy (non-hydrogen) atoms. The molecule has 0 saturated carbocycles. The smallest absolute Gasteiger partial charge is 0.256 e. The summed E-state index contributed by atoms with van der Waals surface area (Å²) in [5.74, 6) is 1.13. The average Bonchev–Trinajstić information content (AvgIpc) is 3.26. The van der Waals surface area contributed by atoms with Crippen molar-refractivity contribution in [2.45, 2.75) is 26.3 Å². The van der Waals surface area contributed by atoms with Crippen molar-refractivity contribution in [3.05, 3.63) is 48.4 Å². The molecule has 0 aliphatic carbocycles. The molecule has 3 aromatic rings. The number of nitrogens with one attached hydrogen (secondary N) is 2. The summed E-state index contributed by atoms with van der Waals surface area (Å²) in [7, 11) is 0. The fourth-order valence-electron chi connectivity index (χ4n) is 2.28. The zero-order valence-electron chi connectivity index (χ0n) is 13.0. The normalized spacial score (nSPS) is 12.1. The maximum atomic E-state index is 12.5.